The number of hydrogen-bond donors (Lipinski definition) is 0. The van der Waals surface area contributed by atoms with E-state index in [0.29, 0.717) is 0 Å². The number of pyridine rings is 1. The molecule has 39 heavy (non-hydrogen) atoms. The molecule has 3 aromatic rings. The van der Waals surface area contributed by atoms with Gasteiger partial charge in [-0.05, 0) is 12.1 Å². The number of aromatic nitrogens is 1. The summed E-state index contributed by atoms with van der Waals surface area (Å²) in [6.45, 7) is 25.5. The van der Waals surface area contributed by atoms with Crippen LogP contribution in [0.4, 0.5) is 0 Å². The Hall–Kier alpha value is -1.30. The second kappa shape index (κ2) is 17.5. The van der Waals surface area contributed by atoms with Crippen LogP contribution in [0.2, 0.25) is 78.1 Å². The molecule has 0 saturated heterocycles. The van der Waals surface area contributed by atoms with Crippen molar-refractivity contribution in [3.05, 3.63) is 118 Å². The first-order chi connectivity index (χ1) is 17.5. The summed E-state index contributed by atoms with van der Waals surface area (Å²) in [5.74, 6) is 0. The average Bonchev–Trinajstić information content (AvgIpc) is 2.78. The maximum atomic E-state index is 5.27. The second-order valence-corrected chi connectivity index (χ2v) is 31.9. The molecule has 1 radical (unpaired) electrons. The van der Waals surface area contributed by atoms with Crippen molar-refractivity contribution in [1.82, 2.24) is 4.98 Å². The molecule has 3 rings (SSSR count). The molecule has 2 aromatic carbocycles. The Morgan fingerprint density at radius 2 is 1.00 bits per heavy atom. The summed E-state index contributed by atoms with van der Waals surface area (Å²) < 4.78 is 10.1. The molecule has 0 bridgehead atoms. The first kappa shape index (κ1) is 37.7. The van der Waals surface area contributed by atoms with Gasteiger partial charge in [-0.25, -0.2) is 0 Å². The average molecular weight is 628 g/mol. The molecule has 8 heteroatoms. The molecule has 0 fully saturated rings. The molecule has 213 valence electrons. The molecule has 0 aliphatic carbocycles. The zero-order valence-corrected chi connectivity index (χ0v) is 31.6. The van der Waals surface area contributed by atoms with Gasteiger partial charge >= 0.3 is 0 Å². The van der Waals surface area contributed by atoms with Crippen molar-refractivity contribution in [3.63, 3.8) is 0 Å². The van der Waals surface area contributed by atoms with Gasteiger partial charge in [0.1, 0.15) is 0 Å². The summed E-state index contributed by atoms with van der Waals surface area (Å²) in [5.41, 5.74) is 3.70. The number of benzene rings is 2. The van der Waals surface area contributed by atoms with Gasteiger partial charge in [0.2, 0.25) is 0 Å². The van der Waals surface area contributed by atoms with Crippen molar-refractivity contribution >= 4 is 38.5 Å². The first-order valence-electron chi connectivity index (χ1n) is 13.5. The van der Waals surface area contributed by atoms with E-state index in [1.807, 2.05) is 24.3 Å². The minimum absolute atomic E-state index is 0. The summed E-state index contributed by atoms with van der Waals surface area (Å²) in [6, 6.07) is 27.8. The molecule has 0 amide bonds. The zero-order chi connectivity index (χ0) is 28.9. The molecule has 0 atom stereocenters. The molecule has 0 saturated carbocycles. The van der Waals surface area contributed by atoms with Crippen molar-refractivity contribution in [2.75, 3.05) is 0 Å². The number of rotatable bonds is 8. The molecule has 0 N–H and O–H groups in total. The third-order valence-electron chi connectivity index (χ3n) is 4.68. The molecule has 3 nitrogen and oxygen atoms in total. The van der Waals surface area contributed by atoms with Crippen molar-refractivity contribution < 1.29 is 18.6 Å². The fourth-order valence-corrected chi connectivity index (χ4v) is 21.0. The number of nitrogens with zero attached hydrogens (tertiary/aromatic N) is 3. The largest absolute Gasteiger partial charge is 0.668 e. The Bertz CT molecular complexity index is 1020. The Morgan fingerprint density at radius 1 is 0.590 bits per heavy atom. The van der Waals surface area contributed by atoms with Gasteiger partial charge in [-0.2, -0.15) is 0 Å². The van der Waals surface area contributed by atoms with Crippen LogP contribution in [-0.4, -0.2) is 37.9 Å². The van der Waals surface area contributed by atoms with Crippen LogP contribution in [0.5, 0.6) is 0 Å². The van der Waals surface area contributed by atoms with Gasteiger partial charge in [-0.3, -0.25) is 4.98 Å². The van der Waals surface area contributed by atoms with Gasteiger partial charge < -0.3 is 9.30 Å². The van der Waals surface area contributed by atoms with Crippen LogP contribution in [-0.2, 0) is 18.6 Å². The fourth-order valence-electron chi connectivity index (χ4n) is 4.25. The van der Waals surface area contributed by atoms with Crippen LogP contribution in [0.15, 0.2) is 91.3 Å². The molecule has 1 heterocycles. The molecule has 0 unspecified atom stereocenters. The maximum Gasteiger partial charge on any atom is 0.0267 e. The van der Waals surface area contributed by atoms with Crippen LogP contribution in [0.25, 0.3) is 14.9 Å². The normalized spacial score (nSPS) is 12.2. The van der Waals surface area contributed by atoms with Gasteiger partial charge in [-0.1, -0.05) is 159 Å². The van der Waals surface area contributed by atoms with Gasteiger partial charge in [-0.15, -0.1) is 41.5 Å². The summed E-state index contributed by atoms with van der Waals surface area (Å²) in [5, 5.41) is 0. The fraction of sp³-hybridized carbons (Fsp3) is 0.387. The van der Waals surface area contributed by atoms with Crippen molar-refractivity contribution in [2.45, 2.75) is 78.1 Å². The molecule has 0 spiro atoms. The minimum atomic E-state index is -1.65. The summed E-state index contributed by atoms with van der Waals surface area (Å²) in [7, 11) is -5.27. The first-order valence-corrected chi connectivity index (χ1v) is 27.0. The van der Waals surface area contributed by atoms with E-state index in [4.69, 9.17) is 9.30 Å². The SMILES string of the molecule is C[Si](C)(C)[N-][Si](C)(C)C.C[Si](C)(C)[N-][Si](C)(C)CC(=[C-]c1ccccc1)c1ccccc1.[V].c1ccncc1. The van der Waals surface area contributed by atoms with E-state index in [-0.39, 0.29) is 18.6 Å². The number of allylic oxidation sites excluding steroid dienone is 1. The smallest absolute Gasteiger partial charge is 0.0267 e. The van der Waals surface area contributed by atoms with E-state index < -0.39 is 32.9 Å². The van der Waals surface area contributed by atoms with Crippen molar-refractivity contribution in [2.24, 2.45) is 0 Å². The molecule has 0 aliphatic rings. The van der Waals surface area contributed by atoms with Crippen molar-refractivity contribution in [3.8, 4) is 0 Å². The second-order valence-electron chi connectivity index (χ2n) is 13.1. The Morgan fingerprint density at radius 3 is 1.33 bits per heavy atom. The van der Waals surface area contributed by atoms with Gasteiger partial charge in [0.15, 0.2) is 0 Å². The number of hydrogen-bond acceptors (Lipinski definition) is 1. The van der Waals surface area contributed by atoms with Crippen LogP contribution in [0.1, 0.15) is 11.1 Å². The van der Waals surface area contributed by atoms with Gasteiger partial charge in [0.05, 0.1) is 0 Å². The van der Waals surface area contributed by atoms with Crippen LogP contribution < -0.4 is 0 Å². The zero-order valence-electron chi connectivity index (χ0n) is 26.2. The summed E-state index contributed by atoms with van der Waals surface area (Å²) in [6.07, 6.45) is 7.14. The maximum absolute atomic E-state index is 5.27. The van der Waals surface area contributed by atoms with E-state index in [0.717, 1.165) is 11.6 Å². The van der Waals surface area contributed by atoms with E-state index in [9.17, 15) is 0 Å². The van der Waals surface area contributed by atoms with E-state index >= 15 is 0 Å². The van der Waals surface area contributed by atoms with Gasteiger partial charge in [0.25, 0.3) is 0 Å². The predicted octanol–water partition coefficient (Wildman–Crippen LogP) is 10.4. The molecular formula is C31H50N3Si4V-3. The Kier molecular flexibility index (Phi) is 16.9. The Labute approximate surface area is 256 Å². The quantitative estimate of drug-likeness (QED) is 0.139. The monoisotopic (exact) mass is 627 g/mol. The molecule has 0 aliphatic heterocycles. The Balaban J connectivity index is 0.000000740. The van der Waals surface area contributed by atoms with Gasteiger partial charge in [0, 0.05) is 30.9 Å². The van der Waals surface area contributed by atoms with Crippen molar-refractivity contribution in [1.29, 1.82) is 0 Å². The molecule has 1 aromatic heterocycles. The molecular weight excluding hydrogens is 578 g/mol. The van der Waals surface area contributed by atoms with E-state index in [1.165, 1.54) is 11.1 Å². The van der Waals surface area contributed by atoms with E-state index in [1.54, 1.807) is 12.4 Å². The summed E-state index contributed by atoms with van der Waals surface area (Å²) in [4.78, 5) is 3.78. The predicted molar refractivity (Wildman–Crippen MR) is 182 cm³/mol. The third-order valence-corrected chi connectivity index (χ3v) is 16.4. The summed E-state index contributed by atoms with van der Waals surface area (Å²) >= 11 is 0. The van der Waals surface area contributed by atoms with Crippen LogP contribution in [0, 0.1) is 6.08 Å². The topological polar surface area (TPSA) is 41.1 Å². The minimum Gasteiger partial charge on any atom is -0.668 e. The standard InChI is InChI=1S/C20H27NSi2.C6H18NSi2.C5H5N.V/c1-22(2,3)21-23(4,5)17-20(19-14-10-7-11-15-19)16-18-12-8-6-9-13-18;1-8(2,3)7-9(4,5)6;1-2-4-6-5-3-1;/h6-15H,17H2,1-5H3;1-6H3;1-5H;/q-2;-1;;. The third kappa shape index (κ3) is 21.2. The van der Waals surface area contributed by atoms with Crippen LogP contribution >= 0.6 is 0 Å². The van der Waals surface area contributed by atoms with E-state index in [2.05, 4.69) is 138 Å². The van der Waals surface area contributed by atoms with Crippen LogP contribution in [0.3, 0.4) is 0 Å².